The predicted octanol–water partition coefficient (Wildman–Crippen LogP) is 4.85. The van der Waals surface area contributed by atoms with Crippen molar-refractivity contribution < 1.29 is 9.59 Å². The minimum atomic E-state index is -0.145. The molecule has 1 N–H and O–H groups in total. The number of thiophene rings is 2. The van der Waals surface area contributed by atoms with Gasteiger partial charge in [-0.2, -0.15) is 0 Å². The minimum Gasteiger partial charge on any atom is -0.351 e. The highest BCUT2D eigenvalue weighted by Crippen LogP contribution is 2.23. The van der Waals surface area contributed by atoms with Gasteiger partial charge in [-0.05, 0) is 35.6 Å². The Labute approximate surface area is 155 Å². The van der Waals surface area contributed by atoms with Crippen LogP contribution in [0.5, 0.6) is 0 Å². The number of benzene rings is 1. The zero-order valence-electron chi connectivity index (χ0n) is 13.9. The molecule has 25 heavy (non-hydrogen) atoms. The van der Waals surface area contributed by atoms with Crippen molar-refractivity contribution in [2.75, 3.05) is 0 Å². The standard InChI is InChI=1S/C20H19NO2S2/c1-2-16(14-7-4-3-5-8-14)20(23)21-13-15-10-11-18(25-15)19(22)17-9-6-12-24-17/h3-12,16H,2,13H2,1H3,(H,21,23)/t16-/m1/s1. The molecule has 0 fully saturated rings. The van der Waals surface area contributed by atoms with Gasteiger partial charge in [0.05, 0.1) is 22.2 Å². The maximum absolute atomic E-state index is 12.5. The molecule has 0 unspecified atom stereocenters. The zero-order valence-corrected chi connectivity index (χ0v) is 15.5. The molecule has 0 aliphatic carbocycles. The molecule has 3 aromatic rings. The summed E-state index contributed by atoms with van der Waals surface area (Å²) in [6.07, 6.45) is 0.752. The van der Waals surface area contributed by atoms with Gasteiger partial charge < -0.3 is 5.32 Å². The van der Waals surface area contributed by atoms with Crippen molar-refractivity contribution in [2.24, 2.45) is 0 Å². The van der Waals surface area contributed by atoms with E-state index < -0.39 is 0 Å². The van der Waals surface area contributed by atoms with E-state index in [4.69, 9.17) is 0 Å². The van der Waals surface area contributed by atoms with Crippen LogP contribution in [0.2, 0.25) is 0 Å². The fourth-order valence-corrected chi connectivity index (χ4v) is 4.32. The second-order valence-corrected chi connectivity index (χ2v) is 7.78. The quantitative estimate of drug-likeness (QED) is 0.605. The zero-order chi connectivity index (χ0) is 17.6. The van der Waals surface area contributed by atoms with Gasteiger partial charge in [0.25, 0.3) is 0 Å². The van der Waals surface area contributed by atoms with Crippen molar-refractivity contribution in [3.63, 3.8) is 0 Å². The Morgan fingerprint density at radius 2 is 1.80 bits per heavy atom. The highest BCUT2D eigenvalue weighted by molar-refractivity contribution is 7.16. The number of amides is 1. The topological polar surface area (TPSA) is 46.2 Å². The van der Waals surface area contributed by atoms with Crippen LogP contribution in [0.15, 0.2) is 60.0 Å². The van der Waals surface area contributed by atoms with Crippen LogP contribution in [0.4, 0.5) is 0 Å². The third-order valence-electron chi connectivity index (χ3n) is 3.99. The summed E-state index contributed by atoms with van der Waals surface area (Å²) in [7, 11) is 0. The highest BCUT2D eigenvalue weighted by atomic mass is 32.1. The first-order valence-electron chi connectivity index (χ1n) is 8.18. The first-order chi connectivity index (χ1) is 12.2. The molecule has 0 radical (unpaired) electrons. The molecule has 5 heteroatoms. The van der Waals surface area contributed by atoms with E-state index in [0.717, 1.165) is 21.7 Å². The predicted molar refractivity (Wildman–Crippen MR) is 103 cm³/mol. The van der Waals surface area contributed by atoms with Gasteiger partial charge in [-0.3, -0.25) is 9.59 Å². The molecule has 2 heterocycles. The normalized spacial score (nSPS) is 11.9. The molecule has 0 bridgehead atoms. The summed E-state index contributed by atoms with van der Waals surface area (Å²) in [6, 6.07) is 17.3. The molecule has 1 aromatic carbocycles. The van der Waals surface area contributed by atoms with Crippen LogP contribution in [0.1, 0.15) is 44.3 Å². The molecule has 0 spiro atoms. The maximum atomic E-state index is 12.5. The first kappa shape index (κ1) is 17.6. The SMILES string of the molecule is CC[C@@H](C(=O)NCc1ccc(C(=O)c2cccs2)s1)c1ccccc1. The van der Waals surface area contributed by atoms with Crippen LogP contribution in [-0.4, -0.2) is 11.7 Å². The molecule has 128 valence electrons. The number of hydrogen-bond acceptors (Lipinski definition) is 4. The van der Waals surface area contributed by atoms with Crippen molar-refractivity contribution in [1.82, 2.24) is 5.32 Å². The molecule has 1 amide bonds. The molecule has 2 aromatic heterocycles. The van der Waals surface area contributed by atoms with Crippen LogP contribution in [0, 0.1) is 0 Å². The number of carbonyl (C=O) groups excluding carboxylic acids is 2. The van der Waals surface area contributed by atoms with Crippen molar-refractivity contribution in [1.29, 1.82) is 0 Å². The molecular weight excluding hydrogens is 350 g/mol. The largest absolute Gasteiger partial charge is 0.351 e. The average Bonchev–Trinajstić information content (AvgIpc) is 3.33. The fraction of sp³-hybridized carbons (Fsp3) is 0.200. The Balaban J connectivity index is 1.62. The lowest BCUT2D eigenvalue weighted by atomic mass is 9.96. The summed E-state index contributed by atoms with van der Waals surface area (Å²) in [5.74, 6) is -0.0742. The lowest BCUT2D eigenvalue weighted by Gasteiger charge is -2.15. The van der Waals surface area contributed by atoms with E-state index >= 15 is 0 Å². The summed E-state index contributed by atoms with van der Waals surface area (Å²) in [5, 5.41) is 4.90. The van der Waals surface area contributed by atoms with Crippen LogP contribution in [0.3, 0.4) is 0 Å². The Hall–Kier alpha value is -2.24. The van der Waals surface area contributed by atoms with E-state index in [1.165, 1.54) is 22.7 Å². The van der Waals surface area contributed by atoms with Crippen LogP contribution in [-0.2, 0) is 11.3 Å². The maximum Gasteiger partial charge on any atom is 0.227 e. The van der Waals surface area contributed by atoms with Gasteiger partial charge in [0, 0.05) is 4.88 Å². The average molecular weight is 370 g/mol. The van der Waals surface area contributed by atoms with E-state index in [2.05, 4.69) is 5.32 Å². The molecule has 3 rings (SSSR count). The first-order valence-corrected chi connectivity index (χ1v) is 9.88. The number of hydrogen-bond donors (Lipinski definition) is 1. The Bertz CT molecular complexity index is 838. The Morgan fingerprint density at radius 1 is 1.00 bits per heavy atom. The second kappa shape index (κ2) is 8.23. The highest BCUT2D eigenvalue weighted by Gasteiger charge is 2.18. The van der Waals surface area contributed by atoms with Gasteiger partial charge >= 0.3 is 0 Å². The summed E-state index contributed by atoms with van der Waals surface area (Å²) in [6.45, 7) is 2.46. The van der Waals surface area contributed by atoms with Gasteiger partial charge in [0.15, 0.2) is 0 Å². The van der Waals surface area contributed by atoms with Gasteiger partial charge in [-0.15, -0.1) is 22.7 Å². The summed E-state index contributed by atoms with van der Waals surface area (Å²) >= 11 is 2.88. The van der Waals surface area contributed by atoms with Crippen molar-refractivity contribution in [3.8, 4) is 0 Å². The van der Waals surface area contributed by atoms with Crippen LogP contribution in [0.25, 0.3) is 0 Å². The third kappa shape index (κ3) is 4.24. The van der Waals surface area contributed by atoms with Gasteiger partial charge in [-0.1, -0.05) is 43.3 Å². The minimum absolute atomic E-state index is 0.0215. The lowest BCUT2D eigenvalue weighted by molar-refractivity contribution is -0.122. The second-order valence-electron chi connectivity index (χ2n) is 5.66. The molecular formula is C20H19NO2S2. The molecule has 1 atom stereocenters. The summed E-state index contributed by atoms with van der Waals surface area (Å²) < 4.78 is 0. The summed E-state index contributed by atoms with van der Waals surface area (Å²) in [5.41, 5.74) is 1.03. The number of carbonyl (C=O) groups is 2. The number of ketones is 1. The number of rotatable bonds is 7. The molecule has 3 nitrogen and oxygen atoms in total. The molecule has 0 saturated heterocycles. The van der Waals surface area contributed by atoms with Crippen molar-refractivity contribution in [3.05, 3.63) is 80.2 Å². The van der Waals surface area contributed by atoms with Gasteiger partial charge in [0.2, 0.25) is 11.7 Å². The summed E-state index contributed by atoms with van der Waals surface area (Å²) in [4.78, 5) is 27.3. The van der Waals surface area contributed by atoms with Crippen LogP contribution < -0.4 is 5.32 Å². The van der Waals surface area contributed by atoms with Crippen LogP contribution >= 0.6 is 22.7 Å². The van der Waals surface area contributed by atoms with E-state index in [-0.39, 0.29) is 17.6 Å². The number of nitrogens with one attached hydrogen (secondary N) is 1. The molecule has 0 aliphatic rings. The Morgan fingerprint density at radius 3 is 2.48 bits per heavy atom. The van der Waals surface area contributed by atoms with Gasteiger partial charge in [0.1, 0.15) is 0 Å². The van der Waals surface area contributed by atoms with E-state index in [1.54, 1.807) is 0 Å². The van der Waals surface area contributed by atoms with E-state index in [1.807, 2.05) is 66.9 Å². The Kier molecular flexibility index (Phi) is 5.79. The van der Waals surface area contributed by atoms with Crippen molar-refractivity contribution in [2.45, 2.75) is 25.8 Å². The molecule has 0 saturated carbocycles. The smallest absolute Gasteiger partial charge is 0.227 e. The fourth-order valence-electron chi connectivity index (χ4n) is 2.68. The van der Waals surface area contributed by atoms with E-state index in [0.29, 0.717) is 11.4 Å². The molecule has 0 aliphatic heterocycles. The monoisotopic (exact) mass is 369 g/mol. The van der Waals surface area contributed by atoms with Crippen molar-refractivity contribution >= 4 is 34.4 Å². The van der Waals surface area contributed by atoms with Gasteiger partial charge in [-0.25, -0.2) is 0 Å². The lowest BCUT2D eigenvalue weighted by Crippen LogP contribution is -2.28. The van der Waals surface area contributed by atoms with E-state index in [9.17, 15) is 9.59 Å². The third-order valence-corrected chi connectivity index (χ3v) is 5.95.